The molecule has 7 nitrogen and oxygen atoms in total. The van der Waals surface area contributed by atoms with Crippen molar-refractivity contribution in [3.63, 3.8) is 0 Å². The lowest BCUT2D eigenvalue weighted by Crippen LogP contribution is -2.32. The van der Waals surface area contributed by atoms with Crippen LogP contribution in [0.15, 0.2) is 30.6 Å². The highest BCUT2D eigenvalue weighted by Gasteiger charge is 2.27. The van der Waals surface area contributed by atoms with Gasteiger partial charge in [-0.1, -0.05) is 18.2 Å². The number of hydrogen-bond acceptors (Lipinski definition) is 5. The molecule has 0 saturated carbocycles. The number of hydrogen-bond donors (Lipinski definition) is 2. The third-order valence-corrected chi connectivity index (χ3v) is 4.36. The Labute approximate surface area is 134 Å². The molecule has 1 amide bonds. The van der Waals surface area contributed by atoms with Crippen molar-refractivity contribution in [1.29, 1.82) is 0 Å². The first-order valence-corrected chi connectivity index (χ1v) is 7.96. The Hall–Kier alpha value is -2.41. The molecule has 3 heterocycles. The Morgan fingerprint density at radius 2 is 2.30 bits per heavy atom. The van der Waals surface area contributed by atoms with Gasteiger partial charge in [0.15, 0.2) is 0 Å². The number of rotatable bonds is 3. The first-order valence-electron chi connectivity index (χ1n) is 7.96. The zero-order chi connectivity index (χ0) is 15.6. The van der Waals surface area contributed by atoms with Gasteiger partial charge in [-0.3, -0.25) is 4.79 Å². The third-order valence-electron chi connectivity index (χ3n) is 4.36. The average Bonchev–Trinajstić information content (AvgIpc) is 3.24. The smallest absolute Gasteiger partial charge is 0.291 e. The minimum absolute atomic E-state index is 0.151. The second kappa shape index (κ2) is 6.00. The van der Waals surface area contributed by atoms with E-state index in [-0.39, 0.29) is 23.8 Å². The molecule has 0 unspecified atom stereocenters. The number of piperidine rings is 1. The van der Waals surface area contributed by atoms with Crippen LogP contribution < -0.4 is 15.4 Å². The molecular weight excluding hydrogens is 294 g/mol. The molecule has 1 saturated heterocycles. The van der Waals surface area contributed by atoms with Gasteiger partial charge in [0.1, 0.15) is 18.7 Å². The zero-order valence-electron chi connectivity index (χ0n) is 12.7. The molecule has 2 aliphatic rings. The summed E-state index contributed by atoms with van der Waals surface area (Å²) in [6.07, 6.45) is 3.81. The van der Waals surface area contributed by atoms with E-state index in [1.807, 2.05) is 24.3 Å². The summed E-state index contributed by atoms with van der Waals surface area (Å²) in [6, 6.07) is 7.85. The third kappa shape index (κ3) is 2.79. The molecule has 2 N–H and O–H groups in total. The van der Waals surface area contributed by atoms with Crippen LogP contribution in [0.4, 0.5) is 0 Å². The molecule has 2 aliphatic heterocycles. The second-order valence-corrected chi connectivity index (χ2v) is 5.92. The van der Waals surface area contributed by atoms with Crippen molar-refractivity contribution in [1.82, 2.24) is 25.4 Å². The van der Waals surface area contributed by atoms with Gasteiger partial charge >= 0.3 is 0 Å². The minimum atomic E-state index is -0.266. The van der Waals surface area contributed by atoms with Crippen LogP contribution in [-0.2, 0) is 0 Å². The van der Waals surface area contributed by atoms with Gasteiger partial charge in [0.05, 0.1) is 12.1 Å². The Balaban J connectivity index is 1.45. The first kappa shape index (κ1) is 14.2. The lowest BCUT2D eigenvalue weighted by molar-refractivity contribution is 0.0919. The highest BCUT2D eigenvalue weighted by molar-refractivity contribution is 5.90. The fourth-order valence-corrected chi connectivity index (χ4v) is 3.12. The van der Waals surface area contributed by atoms with Crippen LogP contribution in [-0.4, -0.2) is 40.4 Å². The highest BCUT2D eigenvalue weighted by Crippen LogP contribution is 2.31. The fraction of sp³-hybridized carbons (Fsp3) is 0.438. The number of ether oxygens (including phenoxy) is 1. The standard InChI is InChI=1S/C16H19N5O2/c22-16(19-13-9-23-14-6-2-1-5-12(13)14)15-18-10-21(20-15)11-4-3-7-17-8-11/h1-2,5-6,10-11,13,17H,3-4,7-9H2,(H,19,22)/t11-,13+/m1/s1. The van der Waals surface area contributed by atoms with E-state index in [2.05, 4.69) is 20.7 Å². The van der Waals surface area contributed by atoms with Crippen LogP contribution in [0.2, 0.25) is 0 Å². The number of nitrogens with zero attached hydrogens (tertiary/aromatic N) is 3. The molecule has 120 valence electrons. The van der Waals surface area contributed by atoms with E-state index >= 15 is 0 Å². The molecule has 7 heteroatoms. The van der Waals surface area contributed by atoms with E-state index in [1.165, 1.54) is 0 Å². The number of fused-ring (bicyclic) bond motifs is 1. The molecule has 23 heavy (non-hydrogen) atoms. The predicted molar refractivity (Wildman–Crippen MR) is 83.3 cm³/mol. The Kier molecular flexibility index (Phi) is 3.70. The molecule has 0 radical (unpaired) electrons. The van der Waals surface area contributed by atoms with E-state index in [1.54, 1.807) is 11.0 Å². The molecule has 1 aromatic carbocycles. The van der Waals surface area contributed by atoms with Gasteiger partial charge in [-0.2, -0.15) is 0 Å². The lowest BCUT2D eigenvalue weighted by Gasteiger charge is -2.22. The summed E-state index contributed by atoms with van der Waals surface area (Å²) in [5.41, 5.74) is 0.997. The number of benzene rings is 1. The highest BCUT2D eigenvalue weighted by atomic mass is 16.5. The van der Waals surface area contributed by atoms with Crippen molar-refractivity contribution < 1.29 is 9.53 Å². The molecule has 2 atom stereocenters. The zero-order valence-corrected chi connectivity index (χ0v) is 12.7. The number of nitrogens with one attached hydrogen (secondary N) is 2. The van der Waals surface area contributed by atoms with Gasteiger partial charge in [0.2, 0.25) is 5.82 Å². The van der Waals surface area contributed by atoms with Crippen molar-refractivity contribution in [2.75, 3.05) is 19.7 Å². The fourth-order valence-electron chi connectivity index (χ4n) is 3.12. The van der Waals surface area contributed by atoms with Gasteiger partial charge in [-0.05, 0) is 25.5 Å². The molecule has 0 spiro atoms. The summed E-state index contributed by atoms with van der Waals surface area (Å²) in [5, 5.41) is 10.6. The summed E-state index contributed by atoms with van der Waals surface area (Å²) >= 11 is 0. The van der Waals surface area contributed by atoms with Gasteiger partial charge in [-0.15, -0.1) is 5.10 Å². The SMILES string of the molecule is O=C(N[C@H]1COc2ccccc21)c1ncn([C@@H]2CCCNC2)n1. The van der Waals surface area contributed by atoms with Crippen LogP contribution in [0.5, 0.6) is 5.75 Å². The van der Waals surface area contributed by atoms with E-state index in [0.717, 1.165) is 37.2 Å². The van der Waals surface area contributed by atoms with E-state index in [0.29, 0.717) is 6.61 Å². The number of carbonyl (C=O) groups is 1. The molecule has 0 aliphatic carbocycles. The van der Waals surface area contributed by atoms with Crippen molar-refractivity contribution in [3.8, 4) is 5.75 Å². The maximum atomic E-state index is 12.4. The van der Waals surface area contributed by atoms with Crippen LogP contribution in [0.1, 0.15) is 41.1 Å². The van der Waals surface area contributed by atoms with Crippen LogP contribution in [0.3, 0.4) is 0 Å². The monoisotopic (exact) mass is 313 g/mol. The number of amides is 1. The summed E-state index contributed by atoms with van der Waals surface area (Å²) in [4.78, 5) is 16.5. The minimum Gasteiger partial charge on any atom is -0.491 e. The first-order chi connectivity index (χ1) is 11.3. The van der Waals surface area contributed by atoms with Crippen LogP contribution >= 0.6 is 0 Å². The quantitative estimate of drug-likeness (QED) is 0.886. The van der Waals surface area contributed by atoms with Crippen molar-refractivity contribution in [2.45, 2.75) is 24.9 Å². The Morgan fingerprint density at radius 1 is 1.39 bits per heavy atom. The second-order valence-electron chi connectivity index (χ2n) is 5.92. The van der Waals surface area contributed by atoms with Gasteiger partial charge in [-0.25, -0.2) is 9.67 Å². The van der Waals surface area contributed by atoms with Gasteiger partial charge in [0, 0.05) is 12.1 Å². The maximum Gasteiger partial charge on any atom is 0.291 e. The summed E-state index contributed by atoms with van der Waals surface area (Å²) in [5.74, 6) is 0.766. The van der Waals surface area contributed by atoms with Crippen molar-refractivity contribution >= 4 is 5.91 Å². The van der Waals surface area contributed by atoms with Crippen LogP contribution in [0.25, 0.3) is 0 Å². The molecule has 1 fully saturated rings. The molecular formula is C16H19N5O2. The Bertz CT molecular complexity index is 708. The molecule has 4 rings (SSSR count). The molecule has 2 aromatic rings. The number of carbonyl (C=O) groups excluding carboxylic acids is 1. The van der Waals surface area contributed by atoms with E-state index < -0.39 is 0 Å². The summed E-state index contributed by atoms with van der Waals surface area (Å²) in [7, 11) is 0. The Morgan fingerprint density at radius 3 is 3.17 bits per heavy atom. The number of para-hydroxylation sites is 1. The number of aromatic nitrogens is 3. The maximum absolute atomic E-state index is 12.4. The van der Waals surface area contributed by atoms with Gasteiger partial charge < -0.3 is 15.4 Å². The van der Waals surface area contributed by atoms with Crippen molar-refractivity contribution in [2.24, 2.45) is 0 Å². The lowest BCUT2D eigenvalue weighted by atomic mass is 10.1. The average molecular weight is 313 g/mol. The van der Waals surface area contributed by atoms with Crippen molar-refractivity contribution in [3.05, 3.63) is 42.0 Å². The predicted octanol–water partition coefficient (Wildman–Crippen LogP) is 1.07. The van der Waals surface area contributed by atoms with E-state index in [4.69, 9.17) is 4.74 Å². The summed E-state index contributed by atoms with van der Waals surface area (Å²) < 4.78 is 7.37. The topological polar surface area (TPSA) is 81.1 Å². The largest absolute Gasteiger partial charge is 0.491 e. The summed E-state index contributed by atoms with van der Waals surface area (Å²) in [6.45, 7) is 2.35. The van der Waals surface area contributed by atoms with E-state index in [9.17, 15) is 4.79 Å². The normalized spacial score (nSPS) is 23.1. The molecule has 0 bridgehead atoms. The van der Waals surface area contributed by atoms with Gasteiger partial charge in [0.25, 0.3) is 5.91 Å². The molecule has 1 aromatic heterocycles. The van der Waals surface area contributed by atoms with Crippen LogP contribution in [0, 0.1) is 0 Å².